The van der Waals surface area contributed by atoms with E-state index in [2.05, 4.69) is 9.71 Å². The van der Waals surface area contributed by atoms with Crippen LogP contribution < -0.4 is 4.72 Å². The Morgan fingerprint density at radius 2 is 1.63 bits per heavy atom. The molecule has 164 valence electrons. The number of unbranched alkanes of at least 4 members (excludes halogenated alkanes) is 1. The summed E-state index contributed by atoms with van der Waals surface area (Å²) in [7, 11) is -7.06. The third-order valence-corrected chi connectivity index (χ3v) is 7.42. The third-order valence-electron chi connectivity index (χ3n) is 4.81. The van der Waals surface area contributed by atoms with Gasteiger partial charge in [0.15, 0.2) is 9.84 Å². The maximum Gasteiger partial charge on any atom is 0.240 e. The quantitative estimate of drug-likeness (QED) is 0.370. The molecule has 0 amide bonds. The molecule has 1 aromatic carbocycles. The molecule has 1 aromatic heterocycles. The van der Waals surface area contributed by atoms with Gasteiger partial charge in [0.2, 0.25) is 10.0 Å². The Balaban J connectivity index is 1.70. The Morgan fingerprint density at radius 1 is 0.967 bits per heavy atom. The molecule has 0 saturated heterocycles. The van der Waals surface area contributed by atoms with Gasteiger partial charge in [-0.1, -0.05) is 12.5 Å². The third kappa shape index (κ3) is 7.97. The molecule has 0 spiro atoms. The van der Waals surface area contributed by atoms with Gasteiger partial charge >= 0.3 is 0 Å². The number of aldehydes is 1. The van der Waals surface area contributed by atoms with Crippen LogP contribution in [0.15, 0.2) is 58.6 Å². The van der Waals surface area contributed by atoms with Gasteiger partial charge in [-0.15, -0.1) is 0 Å². The monoisotopic (exact) mass is 452 g/mol. The van der Waals surface area contributed by atoms with Crippen LogP contribution in [0.3, 0.4) is 0 Å². The van der Waals surface area contributed by atoms with E-state index in [4.69, 9.17) is 0 Å². The predicted molar refractivity (Wildman–Crippen MR) is 115 cm³/mol. The summed E-state index contributed by atoms with van der Waals surface area (Å²) >= 11 is 0. The number of hydrogen-bond acceptors (Lipinski definition) is 6. The average molecular weight is 453 g/mol. The molecule has 1 unspecified atom stereocenters. The molecule has 0 aliphatic rings. The number of carbonyl (C=O) groups is 1. The lowest BCUT2D eigenvalue weighted by Gasteiger charge is -2.11. The molecular formula is C21H28N2O5S2. The highest BCUT2D eigenvalue weighted by Gasteiger charge is 2.15. The Bertz CT molecular complexity index is 1010. The van der Waals surface area contributed by atoms with E-state index in [0.29, 0.717) is 6.42 Å². The Hall–Kier alpha value is -2.10. The van der Waals surface area contributed by atoms with E-state index in [1.165, 1.54) is 24.3 Å². The number of sulfone groups is 1. The summed E-state index contributed by atoms with van der Waals surface area (Å²) in [4.78, 5) is 15.5. The van der Waals surface area contributed by atoms with Gasteiger partial charge in [0.05, 0.1) is 9.79 Å². The summed E-state index contributed by atoms with van der Waals surface area (Å²) in [6, 6.07) is 9.04. The van der Waals surface area contributed by atoms with Gasteiger partial charge in [0.25, 0.3) is 0 Å². The molecule has 2 rings (SSSR count). The number of nitrogens with one attached hydrogen (secondary N) is 1. The second kappa shape index (κ2) is 11.3. The summed E-state index contributed by atoms with van der Waals surface area (Å²) in [6.45, 7) is 0.261. The van der Waals surface area contributed by atoms with E-state index in [-0.39, 0.29) is 22.3 Å². The largest absolute Gasteiger partial charge is 0.303 e. The first kappa shape index (κ1) is 24.2. The summed E-state index contributed by atoms with van der Waals surface area (Å²) in [5.74, 6) is -0.0261. The van der Waals surface area contributed by atoms with Crippen molar-refractivity contribution in [2.45, 2.75) is 48.3 Å². The van der Waals surface area contributed by atoms with Crippen molar-refractivity contribution in [2.24, 2.45) is 5.92 Å². The number of rotatable bonds is 13. The number of pyridine rings is 1. The van der Waals surface area contributed by atoms with Crippen molar-refractivity contribution in [3.8, 4) is 0 Å². The van der Waals surface area contributed by atoms with Crippen molar-refractivity contribution in [1.82, 2.24) is 9.71 Å². The fourth-order valence-corrected chi connectivity index (χ4v) is 4.79. The van der Waals surface area contributed by atoms with Crippen LogP contribution in [0.2, 0.25) is 0 Å². The van der Waals surface area contributed by atoms with Crippen molar-refractivity contribution in [2.75, 3.05) is 12.8 Å². The van der Waals surface area contributed by atoms with Crippen molar-refractivity contribution < 1.29 is 21.6 Å². The molecule has 0 radical (unpaired) electrons. The van der Waals surface area contributed by atoms with E-state index in [9.17, 15) is 21.6 Å². The highest BCUT2D eigenvalue weighted by atomic mass is 32.2. The molecular weight excluding hydrogens is 424 g/mol. The van der Waals surface area contributed by atoms with E-state index in [1.807, 2.05) is 18.3 Å². The first-order valence-corrected chi connectivity index (χ1v) is 13.2. The second-order valence-corrected chi connectivity index (χ2v) is 11.1. The number of benzene rings is 1. The molecule has 1 atom stereocenters. The number of aromatic nitrogens is 1. The van der Waals surface area contributed by atoms with Gasteiger partial charge < -0.3 is 4.79 Å². The standard InChI is InChI=1S/C21H28N2O5S2/c1-29(25,26)20-10-12-21(13-11-20)30(27,28)23-15-3-2-6-19(17-24)8-4-7-18-9-5-14-22-16-18/h5,9-14,16-17,19,23H,2-4,6-8,15H2,1H3. The van der Waals surface area contributed by atoms with Crippen LogP contribution in [0.4, 0.5) is 0 Å². The van der Waals surface area contributed by atoms with E-state index in [1.54, 1.807) is 6.20 Å². The zero-order valence-electron chi connectivity index (χ0n) is 17.0. The predicted octanol–water partition coefficient (Wildman–Crippen LogP) is 2.77. The Kier molecular flexibility index (Phi) is 9.13. The van der Waals surface area contributed by atoms with Crippen LogP contribution in [0.1, 0.15) is 37.7 Å². The number of nitrogens with zero attached hydrogens (tertiary/aromatic N) is 1. The molecule has 0 fully saturated rings. The minimum atomic E-state index is -3.69. The minimum absolute atomic E-state index is 0.0241. The molecule has 30 heavy (non-hydrogen) atoms. The molecule has 0 aliphatic heterocycles. The molecule has 0 aliphatic carbocycles. The van der Waals surface area contributed by atoms with E-state index in [0.717, 1.165) is 50.2 Å². The summed E-state index contributed by atoms with van der Waals surface area (Å²) < 4.78 is 50.0. The van der Waals surface area contributed by atoms with Crippen LogP contribution in [0.25, 0.3) is 0 Å². The summed E-state index contributed by atoms with van der Waals surface area (Å²) in [6.07, 6.45) is 10.3. The number of hydrogen-bond donors (Lipinski definition) is 1. The van der Waals surface area contributed by atoms with Gasteiger partial charge in [-0.3, -0.25) is 4.98 Å². The van der Waals surface area contributed by atoms with Crippen molar-refractivity contribution >= 4 is 26.1 Å². The number of carbonyl (C=O) groups excluding carboxylic acids is 1. The fraction of sp³-hybridized carbons (Fsp3) is 0.429. The zero-order valence-corrected chi connectivity index (χ0v) is 18.7. The molecule has 1 N–H and O–H groups in total. The molecule has 2 aromatic rings. The fourth-order valence-electron chi connectivity index (χ4n) is 3.08. The van der Waals surface area contributed by atoms with Crippen LogP contribution in [-0.2, 0) is 31.1 Å². The zero-order chi connectivity index (χ0) is 22.0. The van der Waals surface area contributed by atoms with Crippen molar-refractivity contribution in [1.29, 1.82) is 0 Å². The lowest BCUT2D eigenvalue weighted by atomic mass is 9.96. The molecule has 1 heterocycles. The molecule has 9 heteroatoms. The Labute approximate surface area is 178 Å². The molecule has 7 nitrogen and oxygen atoms in total. The topological polar surface area (TPSA) is 110 Å². The van der Waals surface area contributed by atoms with Crippen LogP contribution in [0.5, 0.6) is 0 Å². The molecule has 0 saturated carbocycles. The van der Waals surface area contributed by atoms with Gasteiger partial charge in [-0.05, 0) is 68.0 Å². The van der Waals surface area contributed by atoms with Gasteiger partial charge in [-0.25, -0.2) is 21.6 Å². The van der Waals surface area contributed by atoms with Crippen LogP contribution >= 0.6 is 0 Å². The second-order valence-electron chi connectivity index (χ2n) is 7.29. The van der Waals surface area contributed by atoms with Gasteiger partial charge in [0, 0.05) is 31.1 Å². The maximum absolute atomic E-state index is 12.3. The maximum atomic E-state index is 12.3. The first-order chi connectivity index (χ1) is 14.2. The van der Waals surface area contributed by atoms with Gasteiger partial charge in [-0.2, -0.15) is 0 Å². The highest BCUT2D eigenvalue weighted by molar-refractivity contribution is 7.90. The summed E-state index contributed by atoms with van der Waals surface area (Å²) in [5, 5.41) is 0. The van der Waals surface area contributed by atoms with Crippen LogP contribution in [0, 0.1) is 5.92 Å². The summed E-state index contributed by atoms with van der Waals surface area (Å²) in [5.41, 5.74) is 1.15. The van der Waals surface area contributed by atoms with Crippen molar-refractivity contribution in [3.63, 3.8) is 0 Å². The smallest absolute Gasteiger partial charge is 0.240 e. The van der Waals surface area contributed by atoms with Gasteiger partial charge in [0.1, 0.15) is 6.29 Å². The lowest BCUT2D eigenvalue weighted by Crippen LogP contribution is -2.25. The van der Waals surface area contributed by atoms with E-state index < -0.39 is 19.9 Å². The van der Waals surface area contributed by atoms with E-state index >= 15 is 0 Å². The minimum Gasteiger partial charge on any atom is -0.303 e. The normalized spacial score (nSPS) is 13.1. The highest BCUT2D eigenvalue weighted by Crippen LogP contribution is 2.16. The first-order valence-electron chi connectivity index (χ1n) is 9.86. The average Bonchev–Trinajstić information content (AvgIpc) is 2.72. The van der Waals surface area contributed by atoms with Crippen molar-refractivity contribution in [3.05, 3.63) is 54.4 Å². The Morgan fingerprint density at radius 3 is 2.23 bits per heavy atom. The molecule has 0 bridgehead atoms. The number of sulfonamides is 1. The lowest BCUT2D eigenvalue weighted by molar-refractivity contribution is -0.111. The number of aryl methyl sites for hydroxylation is 1. The van der Waals surface area contributed by atoms with Crippen LogP contribution in [-0.4, -0.2) is 40.9 Å². The SMILES string of the molecule is CS(=O)(=O)c1ccc(S(=O)(=O)NCCCCC(C=O)CCCc2cccnc2)cc1.